The van der Waals surface area contributed by atoms with Crippen LogP contribution in [0.1, 0.15) is 40.5 Å². The predicted octanol–water partition coefficient (Wildman–Crippen LogP) is 2.64. The number of nitrogens with zero attached hydrogens (tertiary/aromatic N) is 6. The first kappa shape index (κ1) is 24.9. The number of halogens is 3. The maximum absolute atomic E-state index is 13.1. The van der Waals surface area contributed by atoms with E-state index in [4.69, 9.17) is 0 Å². The molecule has 0 saturated carbocycles. The molecule has 188 valence electrons. The Morgan fingerprint density at radius 2 is 1.74 bits per heavy atom. The van der Waals surface area contributed by atoms with Gasteiger partial charge in [0.2, 0.25) is 0 Å². The van der Waals surface area contributed by atoms with Crippen LogP contribution in [0, 0.1) is 0 Å². The Bertz CT molecular complexity index is 1320. The highest BCUT2D eigenvalue weighted by Crippen LogP contribution is 2.31. The van der Waals surface area contributed by atoms with Crippen LogP contribution in [0.5, 0.6) is 0 Å². The third-order valence-corrected chi connectivity index (χ3v) is 7.02. The van der Waals surface area contributed by atoms with E-state index in [0.29, 0.717) is 24.5 Å². The molecular weight excluding hydrogens is 485 g/mol. The zero-order valence-electron chi connectivity index (χ0n) is 19.2. The van der Waals surface area contributed by atoms with Crippen molar-refractivity contribution in [3.63, 3.8) is 0 Å². The van der Waals surface area contributed by atoms with Crippen LogP contribution in [0.25, 0.3) is 5.65 Å². The van der Waals surface area contributed by atoms with E-state index >= 15 is 0 Å². The number of sulfone groups is 1. The fraction of sp³-hybridized carbons (Fsp3) is 0.455. The Kier molecular flexibility index (Phi) is 6.71. The lowest BCUT2D eigenvalue weighted by Gasteiger charge is -2.33. The smallest absolute Gasteiger partial charge is 0.355 e. The third kappa shape index (κ3) is 5.72. The van der Waals surface area contributed by atoms with Crippen LogP contribution >= 0.6 is 0 Å². The molecule has 2 aromatic heterocycles. The zero-order chi connectivity index (χ0) is 25.4. The highest BCUT2D eigenvalue weighted by Gasteiger charge is 2.38. The summed E-state index contributed by atoms with van der Waals surface area (Å²) in [5.41, 5.74) is 1.59. The molecule has 0 radical (unpaired) electrons. The van der Waals surface area contributed by atoms with E-state index in [-0.39, 0.29) is 29.8 Å². The fourth-order valence-electron chi connectivity index (χ4n) is 4.09. The van der Waals surface area contributed by atoms with Crippen molar-refractivity contribution in [1.82, 2.24) is 24.7 Å². The van der Waals surface area contributed by atoms with Gasteiger partial charge in [-0.3, -0.25) is 4.79 Å². The molecule has 1 aromatic carbocycles. The molecular formula is C22H25F3N6O3S. The largest absolute Gasteiger partial charge is 0.453 e. The molecule has 4 rings (SSSR count). The second-order valence-electron chi connectivity index (χ2n) is 8.72. The predicted molar refractivity (Wildman–Crippen MR) is 123 cm³/mol. The minimum Gasteiger partial charge on any atom is -0.355 e. The van der Waals surface area contributed by atoms with E-state index in [1.54, 1.807) is 25.2 Å². The molecule has 0 unspecified atom stereocenters. The van der Waals surface area contributed by atoms with Crippen molar-refractivity contribution < 1.29 is 26.4 Å². The molecule has 3 heterocycles. The standard InChI is InChI=1S/C22H25F3N6O3S/c1-29(13-14-35(2,33)34)20(32)17-5-3-15(4-6-17)16-9-11-30(12-10-16)19-8-7-18-26-27-21(22(23,24)25)31(18)28-19/h3-8,16H,9-14H2,1-2H3. The van der Waals surface area contributed by atoms with E-state index in [1.165, 1.54) is 11.0 Å². The molecule has 1 saturated heterocycles. The molecule has 1 amide bonds. The molecule has 0 atom stereocenters. The fourth-order valence-corrected chi connectivity index (χ4v) is 4.69. The average Bonchev–Trinajstić information content (AvgIpc) is 3.26. The summed E-state index contributed by atoms with van der Waals surface area (Å²) >= 11 is 0. The van der Waals surface area contributed by atoms with Gasteiger partial charge in [0.05, 0.1) is 5.75 Å². The zero-order valence-corrected chi connectivity index (χ0v) is 20.1. The number of carbonyl (C=O) groups is 1. The first-order chi connectivity index (χ1) is 16.4. The van der Waals surface area contributed by atoms with Crippen LogP contribution in [0.4, 0.5) is 19.0 Å². The van der Waals surface area contributed by atoms with Crippen molar-refractivity contribution in [3.05, 3.63) is 53.3 Å². The lowest BCUT2D eigenvalue weighted by atomic mass is 9.89. The van der Waals surface area contributed by atoms with Crippen molar-refractivity contribution >= 4 is 27.2 Å². The van der Waals surface area contributed by atoms with Gasteiger partial charge in [-0.15, -0.1) is 15.3 Å². The molecule has 0 spiro atoms. The van der Waals surface area contributed by atoms with Crippen molar-refractivity contribution in [2.24, 2.45) is 0 Å². The van der Waals surface area contributed by atoms with Crippen molar-refractivity contribution in [2.75, 3.05) is 43.6 Å². The normalized spacial score (nSPS) is 15.5. The number of hydrogen-bond donors (Lipinski definition) is 0. The first-order valence-corrected chi connectivity index (χ1v) is 13.1. The number of benzene rings is 1. The lowest BCUT2D eigenvalue weighted by Crippen LogP contribution is -2.34. The van der Waals surface area contributed by atoms with Gasteiger partial charge >= 0.3 is 6.18 Å². The Labute approximate surface area is 200 Å². The van der Waals surface area contributed by atoms with Gasteiger partial charge in [-0.25, -0.2) is 8.42 Å². The van der Waals surface area contributed by atoms with Gasteiger partial charge in [-0.05, 0) is 48.6 Å². The molecule has 0 bridgehead atoms. The highest BCUT2D eigenvalue weighted by molar-refractivity contribution is 7.90. The monoisotopic (exact) mass is 510 g/mol. The van der Waals surface area contributed by atoms with E-state index in [0.717, 1.165) is 29.2 Å². The minimum absolute atomic E-state index is 0.0348. The summed E-state index contributed by atoms with van der Waals surface area (Å²) in [6.45, 7) is 1.35. The number of fused-ring (bicyclic) bond motifs is 1. The van der Waals surface area contributed by atoms with Crippen molar-refractivity contribution in [1.29, 1.82) is 0 Å². The van der Waals surface area contributed by atoms with Crippen LogP contribution in [-0.4, -0.2) is 77.7 Å². The minimum atomic E-state index is -4.64. The Hall–Kier alpha value is -3.22. The number of amides is 1. The SMILES string of the molecule is CN(CCS(C)(=O)=O)C(=O)c1ccc(C2CCN(c3ccc4nnc(C(F)(F)F)n4n3)CC2)cc1. The number of rotatable bonds is 6. The number of hydrogen-bond acceptors (Lipinski definition) is 7. The average molecular weight is 511 g/mol. The quantitative estimate of drug-likeness (QED) is 0.503. The van der Waals surface area contributed by atoms with Crippen LogP contribution in [0.15, 0.2) is 36.4 Å². The van der Waals surface area contributed by atoms with Gasteiger partial charge in [0.25, 0.3) is 11.7 Å². The van der Waals surface area contributed by atoms with Gasteiger partial charge in [-0.1, -0.05) is 12.1 Å². The van der Waals surface area contributed by atoms with Crippen LogP contribution in [-0.2, 0) is 16.0 Å². The number of carbonyl (C=O) groups excluding carboxylic acids is 1. The van der Waals surface area contributed by atoms with Gasteiger partial charge < -0.3 is 9.80 Å². The molecule has 1 fully saturated rings. The maximum Gasteiger partial charge on any atom is 0.453 e. The van der Waals surface area contributed by atoms with Gasteiger partial charge in [0.15, 0.2) is 5.65 Å². The second kappa shape index (κ2) is 9.44. The molecule has 1 aliphatic rings. The summed E-state index contributed by atoms with van der Waals surface area (Å²) in [5.74, 6) is -0.825. The lowest BCUT2D eigenvalue weighted by molar-refractivity contribution is -0.146. The van der Waals surface area contributed by atoms with Crippen LogP contribution in [0.2, 0.25) is 0 Å². The molecule has 13 heteroatoms. The van der Waals surface area contributed by atoms with Gasteiger partial charge in [-0.2, -0.15) is 17.7 Å². The number of piperidine rings is 1. The first-order valence-electron chi connectivity index (χ1n) is 11.0. The summed E-state index contributed by atoms with van der Waals surface area (Å²) < 4.78 is 62.8. The van der Waals surface area contributed by atoms with Gasteiger partial charge in [0, 0.05) is 38.5 Å². The molecule has 9 nitrogen and oxygen atoms in total. The second-order valence-corrected chi connectivity index (χ2v) is 11.0. The summed E-state index contributed by atoms with van der Waals surface area (Å²) in [7, 11) is -1.59. The molecule has 0 N–H and O–H groups in total. The Morgan fingerprint density at radius 3 is 2.34 bits per heavy atom. The third-order valence-electron chi connectivity index (χ3n) is 6.09. The summed E-state index contributed by atoms with van der Waals surface area (Å²) in [6, 6.07) is 10.4. The maximum atomic E-state index is 13.1. The van der Waals surface area contributed by atoms with E-state index in [9.17, 15) is 26.4 Å². The molecule has 0 aliphatic carbocycles. The molecule has 3 aromatic rings. The topological polar surface area (TPSA) is 101 Å². The van der Waals surface area contributed by atoms with Crippen LogP contribution < -0.4 is 4.90 Å². The van der Waals surface area contributed by atoms with Crippen molar-refractivity contribution in [3.8, 4) is 0 Å². The number of alkyl halides is 3. The van der Waals surface area contributed by atoms with Crippen molar-refractivity contribution in [2.45, 2.75) is 24.9 Å². The number of anilines is 1. The van der Waals surface area contributed by atoms with E-state index < -0.39 is 21.8 Å². The Morgan fingerprint density at radius 1 is 1.09 bits per heavy atom. The highest BCUT2D eigenvalue weighted by atomic mass is 32.2. The van der Waals surface area contributed by atoms with Gasteiger partial charge in [0.1, 0.15) is 15.7 Å². The van der Waals surface area contributed by atoms with Crippen LogP contribution in [0.3, 0.4) is 0 Å². The summed E-state index contributed by atoms with van der Waals surface area (Å²) in [6.07, 6.45) is -1.96. The van der Waals surface area contributed by atoms with E-state index in [1.807, 2.05) is 17.0 Å². The Balaban J connectivity index is 1.39. The summed E-state index contributed by atoms with van der Waals surface area (Å²) in [4.78, 5) is 15.9. The van der Waals surface area contributed by atoms with E-state index in [2.05, 4.69) is 15.3 Å². The molecule has 35 heavy (non-hydrogen) atoms. The number of aromatic nitrogens is 4. The molecule has 1 aliphatic heterocycles. The summed E-state index contributed by atoms with van der Waals surface area (Å²) in [5, 5.41) is 10.9.